The number of ether oxygens (including phenoxy) is 2. The second-order valence-corrected chi connectivity index (χ2v) is 8.18. The summed E-state index contributed by atoms with van der Waals surface area (Å²) in [5.74, 6) is -0.888. The monoisotopic (exact) mass is 405 g/mol. The summed E-state index contributed by atoms with van der Waals surface area (Å²) in [7, 11) is 1.63. The Morgan fingerprint density at radius 3 is 2.24 bits per heavy atom. The molecule has 0 unspecified atom stereocenters. The summed E-state index contributed by atoms with van der Waals surface area (Å²) < 4.78 is 10.5. The van der Waals surface area contributed by atoms with E-state index in [9.17, 15) is 14.4 Å². The largest absolute Gasteiger partial charge is 0.497 e. The summed E-state index contributed by atoms with van der Waals surface area (Å²) in [6, 6.07) is 7.01. The van der Waals surface area contributed by atoms with E-state index in [1.165, 1.54) is 0 Å². The van der Waals surface area contributed by atoms with Gasteiger partial charge in [-0.1, -0.05) is 31.9 Å². The first-order valence-corrected chi connectivity index (χ1v) is 10.4. The van der Waals surface area contributed by atoms with Crippen molar-refractivity contribution in [3.63, 3.8) is 0 Å². The van der Waals surface area contributed by atoms with Crippen LogP contribution in [-0.4, -0.2) is 36.4 Å². The molecule has 29 heavy (non-hydrogen) atoms. The van der Waals surface area contributed by atoms with Gasteiger partial charge in [-0.25, -0.2) is 4.79 Å². The number of nitrogens with one attached hydrogen (secondary N) is 1. The molecule has 162 valence electrons. The third-order valence-corrected chi connectivity index (χ3v) is 4.37. The van der Waals surface area contributed by atoms with Gasteiger partial charge < -0.3 is 14.8 Å². The van der Waals surface area contributed by atoms with Gasteiger partial charge in [0.2, 0.25) is 5.78 Å². The SMILES string of the molecule is CCCC[C@H](NC(=O)C(=O)CCCCc1ccc(OC)cc1)C(=O)OC(C)(C)C. The zero-order chi connectivity index (χ0) is 21.9. The van der Waals surface area contributed by atoms with Gasteiger partial charge in [-0.15, -0.1) is 0 Å². The quantitative estimate of drug-likeness (QED) is 0.323. The van der Waals surface area contributed by atoms with Crippen LogP contribution in [0.4, 0.5) is 0 Å². The number of carbonyl (C=O) groups excluding carboxylic acids is 3. The van der Waals surface area contributed by atoms with Crippen LogP contribution < -0.4 is 10.1 Å². The van der Waals surface area contributed by atoms with E-state index in [4.69, 9.17) is 9.47 Å². The molecule has 0 fully saturated rings. The number of benzene rings is 1. The van der Waals surface area contributed by atoms with Crippen LogP contribution in [0.15, 0.2) is 24.3 Å². The van der Waals surface area contributed by atoms with E-state index in [0.717, 1.165) is 37.0 Å². The number of ketones is 1. The van der Waals surface area contributed by atoms with Crippen molar-refractivity contribution < 1.29 is 23.9 Å². The molecule has 1 amide bonds. The van der Waals surface area contributed by atoms with Gasteiger partial charge in [0.15, 0.2) is 0 Å². The fourth-order valence-electron chi connectivity index (χ4n) is 2.79. The first-order valence-electron chi connectivity index (χ1n) is 10.4. The predicted molar refractivity (Wildman–Crippen MR) is 113 cm³/mol. The number of Topliss-reactive ketones (excluding diaryl/α,β-unsaturated/α-hetero) is 1. The van der Waals surface area contributed by atoms with Crippen molar-refractivity contribution in [1.29, 1.82) is 0 Å². The minimum atomic E-state index is -0.787. The van der Waals surface area contributed by atoms with Crippen molar-refractivity contribution in [1.82, 2.24) is 5.32 Å². The lowest BCUT2D eigenvalue weighted by molar-refractivity contribution is -0.159. The lowest BCUT2D eigenvalue weighted by atomic mass is 10.0. The molecule has 0 spiro atoms. The maximum atomic E-state index is 12.3. The molecule has 6 heteroatoms. The minimum Gasteiger partial charge on any atom is -0.497 e. The smallest absolute Gasteiger partial charge is 0.329 e. The highest BCUT2D eigenvalue weighted by atomic mass is 16.6. The second kappa shape index (κ2) is 12.2. The van der Waals surface area contributed by atoms with Gasteiger partial charge in [0.25, 0.3) is 5.91 Å². The van der Waals surface area contributed by atoms with E-state index in [1.807, 2.05) is 31.2 Å². The first kappa shape index (κ1) is 24.7. The van der Waals surface area contributed by atoms with Gasteiger partial charge in [-0.3, -0.25) is 9.59 Å². The molecule has 1 aromatic carbocycles. The summed E-state index contributed by atoms with van der Waals surface area (Å²) in [5.41, 5.74) is 0.518. The van der Waals surface area contributed by atoms with E-state index in [-0.39, 0.29) is 6.42 Å². The number of hydrogen-bond donors (Lipinski definition) is 1. The molecule has 0 aliphatic heterocycles. The van der Waals surface area contributed by atoms with Crippen LogP contribution in [0, 0.1) is 0 Å². The maximum absolute atomic E-state index is 12.3. The lowest BCUT2D eigenvalue weighted by Gasteiger charge is -2.24. The highest BCUT2D eigenvalue weighted by Crippen LogP contribution is 2.14. The average Bonchev–Trinajstić information content (AvgIpc) is 2.67. The van der Waals surface area contributed by atoms with E-state index in [2.05, 4.69) is 5.32 Å². The molecule has 1 atom stereocenters. The highest BCUT2D eigenvalue weighted by molar-refractivity contribution is 6.36. The van der Waals surface area contributed by atoms with E-state index >= 15 is 0 Å². The van der Waals surface area contributed by atoms with E-state index in [0.29, 0.717) is 12.8 Å². The molecule has 1 N–H and O–H groups in total. The Morgan fingerprint density at radius 1 is 1.03 bits per heavy atom. The van der Waals surface area contributed by atoms with Crippen LogP contribution >= 0.6 is 0 Å². The molecular weight excluding hydrogens is 370 g/mol. The Hall–Kier alpha value is -2.37. The van der Waals surface area contributed by atoms with Gasteiger partial charge >= 0.3 is 5.97 Å². The molecule has 0 aliphatic rings. The molecule has 0 heterocycles. The van der Waals surface area contributed by atoms with E-state index < -0.39 is 29.3 Å². The standard InChI is InChI=1S/C23H35NO5/c1-6-7-11-19(22(27)29-23(2,3)4)24-21(26)20(25)12-9-8-10-17-13-15-18(28-5)16-14-17/h13-16,19H,6-12H2,1-5H3,(H,24,26)/t19-/m0/s1. The zero-order valence-electron chi connectivity index (χ0n) is 18.4. The number of carbonyl (C=O) groups is 3. The third kappa shape index (κ3) is 10.1. The molecule has 0 saturated heterocycles. The Morgan fingerprint density at radius 2 is 1.69 bits per heavy atom. The van der Waals surface area contributed by atoms with Gasteiger partial charge in [-0.05, 0) is 64.2 Å². The molecule has 1 rings (SSSR count). The van der Waals surface area contributed by atoms with Crippen LogP contribution in [0.3, 0.4) is 0 Å². The van der Waals surface area contributed by atoms with Crippen LogP contribution in [-0.2, 0) is 25.5 Å². The molecule has 0 radical (unpaired) electrons. The van der Waals surface area contributed by atoms with Gasteiger partial charge in [0.1, 0.15) is 17.4 Å². The van der Waals surface area contributed by atoms with Crippen molar-refractivity contribution in [3.05, 3.63) is 29.8 Å². The molecule has 6 nitrogen and oxygen atoms in total. The number of unbranched alkanes of at least 4 members (excludes halogenated alkanes) is 2. The molecule has 1 aromatic rings. The number of amides is 1. The number of rotatable bonds is 12. The number of methoxy groups -OCH3 is 1. The summed E-state index contributed by atoms with van der Waals surface area (Å²) in [4.78, 5) is 36.7. The summed E-state index contributed by atoms with van der Waals surface area (Å²) in [5, 5.41) is 2.57. The number of hydrogen-bond acceptors (Lipinski definition) is 5. The van der Waals surface area contributed by atoms with Gasteiger partial charge in [0, 0.05) is 6.42 Å². The van der Waals surface area contributed by atoms with Gasteiger partial charge in [-0.2, -0.15) is 0 Å². The van der Waals surface area contributed by atoms with Crippen molar-refractivity contribution in [3.8, 4) is 5.75 Å². The topological polar surface area (TPSA) is 81.7 Å². The fraction of sp³-hybridized carbons (Fsp3) is 0.609. The normalized spacial score (nSPS) is 12.2. The Balaban J connectivity index is 2.45. The summed E-state index contributed by atoms with van der Waals surface area (Å²) >= 11 is 0. The third-order valence-electron chi connectivity index (χ3n) is 4.37. The Bertz CT molecular complexity index is 661. The highest BCUT2D eigenvalue weighted by Gasteiger charge is 2.27. The number of esters is 1. The van der Waals surface area contributed by atoms with Crippen molar-refractivity contribution in [2.75, 3.05) is 7.11 Å². The Labute approximate surface area is 174 Å². The molecule has 0 bridgehead atoms. The van der Waals surface area contributed by atoms with Crippen molar-refractivity contribution >= 4 is 17.7 Å². The van der Waals surface area contributed by atoms with Crippen LogP contribution in [0.5, 0.6) is 5.75 Å². The minimum absolute atomic E-state index is 0.163. The summed E-state index contributed by atoms with van der Waals surface area (Å²) in [6.07, 6.45) is 4.52. The van der Waals surface area contributed by atoms with Crippen LogP contribution in [0.25, 0.3) is 0 Å². The lowest BCUT2D eigenvalue weighted by Crippen LogP contribution is -2.46. The predicted octanol–water partition coefficient (Wildman–Crippen LogP) is 3.99. The molecule has 0 aromatic heterocycles. The fourth-order valence-corrected chi connectivity index (χ4v) is 2.79. The average molecular weight is 406 g/mol. The van der Waals surface area contributed by atoms with E-state index in [1.54, 1.807) is 27.9 Å². The molecule has 0 saturated carbocycles. The number of aryl methyl sites for hydroxylation is 1. The van der Waals surface area contributed by atoms with Crippen LogP contribution in [0.2, 0.25) is 0 Å². The maximum Gasteiger partial charge on any atom is 0.329 e. The van der Waals surface area contributed by atoms with Crippen LogP contribution in [0.1, 0.15) is 71.8 Å². The van der Waals surface area contributed by atoms with Crippen molar-refractivity contribution in [2.45, 2.75) is 84.3 Å². The first-order chi connectivity index (χ1) is 13.7. The van der Waals surface area contributed by atoms with Gasteiger partial charge in [0.05, 0.1) is 7.11 Å². The molecule has 0 aliphatic carbocycles. The zero-order valence-corrected chi connectivity index (χ0v) is 18.4. The molecular formula is C23H35NO5. The Kier molecular flexibility index (Phi) is 10.4. The van der Waals surface area contributed by atoms with Crippen molar-refractivity contribution in [2.24, 2.45) is 0 Å². The second-order valence-electron chi connectivity index (χ2n) is 8.18. The summed E-state index contributed by atoms with van der Waals surface area (Å²) in [6.45, 7) is 7.33.